The van der Waals surface area contributed by atoms with Gasteiger partial charge in [0.2, 0.25) is 0 Å². The number of hydrogen-bond acceptors (Lipinski definition) is 3. The Kier molecular flexibility index (Phi) is 6.11. The van der Waals surface area contributed by atoms with Crippen molar-refractivity contribution in [2.24, 2.45) is 0 Å². The first-order chi connectivity index (χ1) is 12.6. The third kappa shape index (κ3) is 4.74. The van der Waals surface area contributed by atoms with Gasteiger partial charge >= 0.3 is 6.03 Å². The molecule has 1 aliphatic heterocycles. The van der Waals surface area contributed by atoms with Crippen LogP contribution < -0.4 is 10.6 Å². The summed E-state index contributed by atoms with van der Waals surface area (Å²) < 4.78 is 32.6. The van der Waals surface area contributed by atoms with Gasteiger partial charge in [0.1, 0.15) is 17.3 Å². The Morgan fingerprint density at radius 3 is 2.35 bits per heavy atom. The summed E-state index contributed by atoms with van der Waals surface area (Å²) in [5, 5.41) is 5.02. The van der Waals surface area contributed by atoms with E-state index in [2.05, 4.69) is 10.6 Å². The predicted octanol–water partition coefficient (Wildman–Crippen LogP) is 4.43. The van der Waals surface area contributed by atoms with E-state index in [1.165, 1.54) is 6.07 Å². The van der Waals surface area contributed by atoms with Crippen LogP contribution in [0.3, 0.4) is 0 Å². The summed E-state index contributed by atoms with van der Waals surface area (Å²) >= 11 is 1.70. The molecular formula is C19H20F2N2O2S. The van der Waals surface area contributed by atoms with Crippen molar-refractivity contribution in [3.63, 3.8) is 0 Å². The molecule has 0 bridgehead atoms. The lowest BCUT2D eigenvalue weighted by Gasteiger charge is -2.36. The van der Waals surface area contributed by atoms with Crippen molar-refractivity contribution in [1.29, 1.82) is 0 Å². The lowest BCUT2D eigenvalue weighted by molar-refractivity contribution is 0.0777. The number of benzene rings is 2. The van der Waals surface area contributed by atoms with Crippen LogP contribution in [0.4, 0.5) is 19.3 Å². The highest BCUT2D eigenvalue weighted by atomic mass is 32.2. The van der Waals surface area contributed by atoms with Crippen LogP contribution in [0.2, 0.25) is 0 Å². The van der Waals surface area contributed by atoms with E-state index in [1.807, 2.05) is 30.3 Å². The molecular weight excluding hydrogens is 358 g/mol. The van der Waals surface area contributed by atoms with Gasteiger partial charge in [-0.1, -0.05) is 24.3 Å². The zero-order valence-corrected chi connectivity index (χ0v) is 15.0. The first-order valence-electron chi connectivity index (χ1n) is 8.39. The molecule has 138 valence electrons. The summed E-state index contributed by atoms with van der Waals surface area (Å²) in [5.74, 6) is -1.61. The number of rotatable bonds is 5. The molecule has 2 aromatic carbocycles. The van der Waals surface area contributed by atoms with Gasteiger partial charge in [-0.3, -0.25) is 0 Å². The van der Waals surface area contributed by atoms with Gasteiger partial charge in [0.05, 0.1) is 0 Å². The molecule has 2 amide bonds. The van der Waals surface area contributed by atoms with E-state index in [0.717, 1.165) is 29.9 Å². The van der Waals surface area contributed by atoms with Crippen LogP contribution in [0.5, 0.6) is 0 Å². The monoisotopic (exact) mass is 378 g/mol. The second-order valence-electron chi connectivity index (χ2n) is 6.11. The maximum atomic E-state index is 13.7. The number of carbonyl (C=O) groups excluding carboxylic acids is 1. The number of anilines is 1. The average molecular weight is 378 g/mol. The summed E-state index contributed by atoms with van der Waals surface area (Å²) in [5.41, 5.74) is -0.443. The second-order valence-corrected chi connectivity index (χ2v) is 7.66. The fraction of sp³-hybridized carbons (Fsp3) is 0.316. The number of ether oxygens (including phenoxy) is 1. The summed E-state index contributed by atoms with van der Waals surface area (Å²) in [6.45, 7) is 1.61. The van der Waals surface area contributed by atoms with Gasteiger partial charge in [-0.25, -0.2) is 13.6 Å². The molecule has 2 aromatic rings. The van der Waals surface area contributed by atoms with E-state index in [0.29, 0.717) is 19.8 Å². The first kappa shape index (κ1) is 18.7. The Morgan fingerprint density at radius 1 is 1.04 bits per heavy atom. The average Bonchev–Trinajstić information content (AvgIpc) is 2.65. The molecule has 3 rings (SSSR count). The normalized spacial score (nSPS) is 16.1. The molecule has 1 heterocycles. The minimum Gasteiger partial charge on any atom is -0.381 e. The molecule has 1 fully saturated rings. The smallest absolute Gasteiger partial charge is 0.319 e. The zero-order valence-electron chi connectivity index (χ0n) is 14.1. The van der Waals surface area contributed by atoms with Crippen LogP contribution in [0.1, 0.15) is 12.8 Å². The Labute approximate surface area is 155 Å². The third-order valence-corrected chi connectivity index (χ3v) is 5.75. The highest BCUT2D eigenvalue weighted by Crippen LogP contribution is 2.40. The van der Waals surface area contributed by atoms with Gasteiger partial charge in [0.15, 0.2) is 0 Å². The minimum absolute atomic E-state index is 0.218. The molecule has 26 heavy (non-hydrogen) atoms. The van der Waals surface area contributed by atoms with Crippen molar-refractivity contribution in [3.8, 4) is 0 Å². The number of hydrogen-bond donors (Lipinski definition) is 2. The Bertz CT molecular complexity index is 732. The van der Waals surface area contributed by atoms with Crippen LogP contribution in [0, 0.1) is 11.6 Å². The maximum absolute atomic E-state index is 13.7. The Hall–Kier alpha value is -2.12. The lowest BCUT2D eigenvalue weighted by Crippen LogP contribution is -2.45. The number of amides is 2. The van der Waals surface area contributed by atoms with Crippen molar-refractivity contribution >= 4 is 23.5 Å². The molecule has 0 aliphatic carbocycles. The fourth-order valence-corrected chi connectivity index (χ4v) is 4.12. The quantitative estimate of drug-likeness (QED) is 0.809. The zero-order chi connectivity index (χ0) is 18.4. The lowest BCUT2D eigenvalue weighted by atomic mass is 9.99. The molecule has 0 radical (unpaired) electrons. The number of carbonyl (C=O) groups is 1. The van der Waals surface area contributed by atoms with Gasteiger partial charge in [-0.05, 0) is 37.1 Å². The van der Waals surface area contributed by atoms with Crippen molar-refractivity contribution in [2.45, 2.75) is 22.5 Å². The molecule has 0 saturated carbocycles. The molecule has 0 spiro atoms. The van der Waals surface area contributed by atoms with Gasteiger partial charge in [0.25, 0.3) is 0 Å². The van der Waals surface area contributed by atoms with Crippen molar-refractivity contribution < 1.29 is 18.3 Å². The molecule has 7 heteroatoms. The van der Waals surface area contributed by atoms with E-state index in [4.69, 9.17) is 4.74 Å². The van der Waals surface area contributed by atoms with Gasteiger partial charge in [-0.2, -0.15) is 0 Å². The van der Waals surface area contributed by atoms with E-state index < -0.39 is 23.4 Å². The topological polar surface area (TPSA) is 50.4 Å². The Morgan fingerprint density at radius 2 is 1.69 bits per heavy atom. The van der Waals surface area contributed by atoms with E-state index in [1.54, 1.807) is 11.8 Å². The molecule has 0 atom stereocenters. The maximum Gasteiger partial charge on any atom is 0.319 e. The summed E-state index contributed by atoms with van der Waals surface area (Å²) in [6.07, 6.45) is 1.56. The molecule has 1 aliphatic rings. The van der Waals surface area contributed by atoms with E-state index >= 15 is 0 Å². The van der Waals surface area contributed by atoms with Crippen LogP contribution >= 0.6 is 11.8 Å². The third-order valence-electron chi connectivity index (χ3n) is 4.25. The largest absolute Gasteiger partial charge is 0.381 e. The molecule has 1 saturated heterocycles. The SMILES string of the molecule is O=C(NCC1(Sc2ccccc2)CCOCC1)Nc1c(F)cccc1F. The summed E-state index contributed by atoms with van der Waals surface area (Å²) in [7, 11) is 0. The summed E-state index contributed by atoms with van der Waals surface area (Å²) in [4.78, 5) is 13.3. The van der Waals surface area contributed by atoms with Crippen LogP contribution in [-0.2, 0) is 4.74 Å². The van der Waals surface area contributed by atoms with Crippen LogP contribution in [0.25, 0.3) is 0 Å². The second kappa shape index (κ2) is 8.51. The van der Waals surface area contributed by atoms with Gasteiger partial charge in [0, 0.05) is 29.4 Å². The molecule has 0 aromatic heterocycles. The van der Waals surface area contributed by atoms with Crippen molar-refractivity contribution in [3.05, 3.63) is 60.2 Å². The molecule has 4 nitrogen and oxygen atoms in total. The summed E-state index contributed by atoms with van der Waals surface area (Å²) in [6, 6.07) is 12.8. The fourth-order valence-electron chi connectivity index (χ4n) is 2.81. The Balaban J connectivity index is 1.65. The standard InChI is InChI=1S/C19H20F2N2O2S/c20-15-7-4-8-16(21)17(15)23-18(24)22-13-19(9-11-25-12-10-19)26-14-5-2-1-3-6-14/h1-8H,9-13H2,(H2,22,23,24). The van der Waals surface area contributed by atoms with Gasteiger partial charge in [-0.15, -0.1) is 11.8 Å². The van der Waals surface area contributed by atoms with Gasteiger partial charge < -0.3 is 15.4 Å². The van der Waals surface area contributed by atoms with Crippen molar-refractivity contribution in [2.75, 3.05) is 25.1 Å². The number of thioether (sulfide) groups is 1. The van der Waals surface area contributed by atoms with E-state index in [9.17, 15) is 13.6 Å². The molecule has 0 unspecified atom stereocenters. The van der Waals surface area contributed by atoms with Crippen molar-refractivity contribution in [1.82, 2.24) is 5.32 Å². The van der Waals surface area contributed by atoms with Crippen LogP contribution in [-0.4, -0.2) is 30.5 Å². The minimum atomic E-state index is -0.806. The number of urea groups is 1. The van der Waals surface area contributed by atoms with Crippen LogP contribution in [0.15, 0.2) is 53.4 Å². The molecule has 2 N–H and O–H groups in total. The first-order valence-corrected chi connectivity index (χ1v) is 9.20. The van der Waals surface area contributed by atoms with E-state index in [-0.39, 0.29) is 4.75 Å². The highest BCUT2D eigenvalue weighted by Gasteiger charge is 2.34. The predicted molar refractivity (Wildman–Crippen MR) is 98.5 cm³/mol. The number of halogens is 2. The number of para-hydroxylation sites is 1. The highest BCUT2D eigenvalue weighted by molar-refractivity contribution is 8.00. The number of nitrogens with one attached hydrogen (secondary N) is 2.